The van der Waals surface area contributed by atoms with Crippen molar-refractivity contribution < 1.29 is 5.11 Å². The van der Waals surface area contributed by atoms with Crippen LogP contribution in [0.2, 0.25) is 0 Å². The third-order valence-electron chi connectivity index (χ3n) is 11.6. The van der Waals surface area contributed by atoms with E-state index in [2.05, 4.69) is 47.3 Å². The number of hydrogen-bond donors (Lipinski definition) is 1. The van der Waals surface area contributed by atoms with E-state index in [1.807, 2.05) is 0 Å². The fraction of sp³-hybridized carbons (Fsp3) is 0.933. The molecule has 0 aliphatic heterocycles. The van der Waals surface area contributed by atoms with Crippen LogP contribution in [0.4, 0.5) is 0 Å². The number of aliphatic hydroxyl groups excluding tert-OH is 1. The van der Waals surface area contributed by atoms with Gasteiger partial charge in [-0.3, -0.25) is 0 Å². The zero-order chi connectivity index (χ0) is 22.4. The van der Waals surface area contributed by atoms with Crippen molar-refractivity contribution >= 4 is 0 Å². The number of allylic oxidation sites excluding steroid dienone is 1. The Kier molecular flexibility index (Phi) is 7.04. The molecule has 0 aromatic rings. The molecule has 1 heteroatoms. The van der Waals surface area contributed by atoms with Crippen LogP contribution >= 0.6 is 0 Å². The first kappa shape index (κ1) is 23.8. The van der Waals surface area contributed by atoms with Crippen molar-refractivity contribution in [3.63, 3.8) is 0 Å². The van der Waals surface area contributed by atoms with E-state index in [4.69, 9.17) is 0 Å². The lowest BCUT2D eigenvalue weighted by atomic mass is 9.43. The molecule has 178 valence electrons. The fourth-order valence-corrected chi connectivity index (χ4v) is 10.0. The Hall–Kier alpha value is -0.300. The zero-order valence-corrected chi connectivity index (χ0v) is 21.4. The van der Waals surface area contributed by atoms with Crippen molar-refractivity contribution in [1.29, 1.82) is 0 Å². The largest absolute Gasteiger partial charge is 0.393 e. The lowest BCUT2D eigenvalue weighted by molar-refractivity contribution is -0.152. The molecule has 1 nitrogen and oxygen atoms in total. The van der Waals surface area contributed by atoms with Crippen molar-refractivity contribution in [3.05, 3.63) is 12.7 Å². The van der Waals surface area contributed by atoms with E-state index >= 15 is 0 Å². The normalized spacial score (nSPS) is 48.0. The van der Waals surface area contributed by atoms with Crippen molar-refractivity contribution in [2.24, 2.45) is 58.2 Å². The third-order valence-corrected chi connectivity index (χ3v) is 11.6. The molecular formula is C30H52O. The smallest absolute Gasteiger partial charge is 0.0574 e. The Bertz CT molecular complexity index is 624. The first-order valence-electron chi connectivity index (χ1n) is 14.0. The highest BCUT2D eigenvalue weighted by Crippen LogP contribution is 2.69. The highest BCUT2D eigenvalue weighted by Gasteiger charge is 2.61. The summed E-state index contributed by atoms with van der Waals surface area (Å²) in [6, 6.07) is 0. The van der Waals surface area contributed by atoms with E-state index in [0.717, 1.165) is 48.3 Å². The van der Waals surface area contributed by atoms with Crippen molar-refractivity contribution in [1.82, 2.24) is 0 Å². The van der Waals surface area contributed by atoms with E-state index in [0.29, 0.717) is 22.7 Å². The van der Waals surface area contributed by atoms with Gasteiger partial charge in [0, 0.05) is 0 Å². The molecule has 4 aliphatic carbocycles. The Balaban J connectivity index is 1.49. The van der Waals surface area contributed by atoms with Gasteiger partial charge < -0.3 is 5.11 Å². The molecule has 4 fully saturated rings. The molecule has 0 radical (unpaired) electrons. The second-order valence-electron chi connectivity index (χ2n) is 13.4. The van der Waals surface area contributed by atoms with Gasteiger partial charge >= 0.3 is 0 Å². The minimum atomic E-state index is -0.0935. The molecule has 4 rings (SSSR count). The summed E-state index contributed by atoms with van der Waals surface area (Å²) >= 11 is 0. The molecule has 4 saturated carbocycles. The van der Waals surface area contributed by atoms with Gasteiger partial charge in [0.2, 0.25) is 0 Å². The minimum absolute atomic E-state index is 0.0935. The summed E-state index contributed by atoms with van der Waals surface area (Å²) in [5.41, 5.74) is 1.05. The summed E-state index contributed by atoms with van der Waals surface area (Å²) in [6.45, 7) is 16.7. The molecule has 0 aromatic heterocycles. The van der Waals surface area contributed by atoms with E-state index in [1.165, 1.54) is 64.2 Å². The molecular weight excluding hydrogens is 376 g/mol. The summed E-state index contributed by atoms with van der Waals surface area (Å²) in [6.07, 6.45) is 18.2. The molecule has 31 heavy (non-hydrogen) atoms. The van der Waals surface area contributed by atoms with Crippen molar-refractivity contribution in [2.45, 2.75) is 118 Å². The highest BCUT2D eigenvalue weighted by atomic mass is 16.3. The van der Waals surface area contributed by atoms with Gasteiger partial charge in [-0.2, -0.15) is 0 Å². The molecule has 0 saturated heterocycles. The number of aliphatic hydroxyl groups is 1. The van der Waals surface area contributed by atoms with E-state index in [9.17, 15) is 5.11 Å². The topological polar surface area (TPSA) is 20.2 Å². The summed E-state index contributed by atoms with van der Waals surface area (Å²) in [7, 11) is 0. The quantitative estimate of drug-likeness (QED) is 0.404. The Morgan fingerprint density at radius 2 is 1.55 bits per heavy atom. The van der Waals surface area contributed by atoms with Gasteiger partial charge in [0.15, 0.2) is 0 Å². The zero-order valence-electron chi connectivity index (χ0n) is 21.4. The molecule has 0 heterocycles. The van der Waals surface area contributed by atoms with Crippen molar-refractivity contribution in [3.8, 4) is 0 Å². The van der Waals surface area contributed by atoms with Crippen molar-refractivity contribution in [2.75, 3.05) is 0 Å². The lowest BCUT2D eigenvalue weighted by Gasteiger charge is -2.62. The fourth-order valence-electron chi connectivity index (χ4n) is 10.0. The average Bonchev–Trinajstić information content (AvgIpc) is 3.07. The van der Waals surface area contributed by atoms with Gasteiger partial charge in [0.05, 0.1) is 6.10 Å². The van der Waals surface area contributed by atoms with Crippen LogP contribution in [0.25, 0.3) is 0 Å². The predicted molar refractivity (Wildman–Crippen MR) is 133 cm³/mol. The molecule has 0 amide bonds. The first-order chi connectivity index (χ1) is 14.7. The van der Waals surface area contributed by atoms with Crippen LogP contribution in [0.5, 0.6) is 0 Å². The number of hydrogen-bond acceptors (Lipinski definition) is 1. The van der Waals surface area contributed by atoms with Crippen LogP contribution in [0, 0.1) is 58.2 Å². The van der Waals surface area contributed by atoms with Gasteiger partial charge in [0.25, 0.3) is 0 Å². The van der Waals surface area contributed by atoms with Crippen LogP contribution in [-0.2, 0) is 0 Å². The molecule has 10 atom stereocenters. The van der Waals surface area contributed by atoms with E-state index in [1.54, 1.807) is 0 Å². The van der Waals surface area contributed by atoms with Crippen LogP contribution in [0.15, 0.2) is 12.7 Å². The third kappa shape index (κ3) is 4.08. The van der Waals surface area contributed by atoms with Gasteiger partial charge in [0.1, 0.15) is 0 Å². The highest BCUT2D eigenvalue weighted by molar-refractivity contribution is 5.11. The van der Waals surface area contributed by atoms with Gasteiger partial charge in [-0.15, -0.1) is 6.58 Å². The van der Waals surface area contributed by atoms with Crippen LogP contribution in [0.3, 0.4) is 0 Å². The number of rotatable bonds is 7. The summed E-state index contributed by atoms with van der Waals surface area (Å²) in [4.78, 5) is 0. The molecule has 0 aromatic carbocycles. The van der Waals surface area contributed by atoms with Gasteiger partial charge in [-0.1, -0.05) is 60.0 Å². The van der Waals surface area contributed by atoms with Gasteiger partial charge in [-0.25, -0.2) is 0 Å². The van der Waals surface area contributed by atoms with Crippen LogP contribution in [0.1, 0.15) is 112 Å². The Morgan fingerprint density at radius 1 is 0.871 bits per heavy atom. The summed E-state index contributed by atoms with van der Waals surface area (Å²) in [5, 5.41) is 10.8. The number of fused-ring (bicyclic) bond motifs is 5. The van der Waals surface area contributed by atoms with Gasteiger partial charge in [-0.05, 0) is 116 Å². The van der Waals surface area contributed by atoms with E-state index in [-0.39, 0.29) is 6.10 Å². The Labute approximate surface area is 193 Å². The molecule has 0 bridgehead atoms. The second kappa shape index (κ2) is 9.15. The average molecular weight is 429 g/mol. The molecule has 4 aliphatic rings. The predicted octanol–water partition coefficient (Wildman–Crippen LogP) is 8.27. The maximum Gasteiger partial charge on any atom is 0.0574 e. The monoisotopic (exact) mass is 428 g/mol. The van der Waals surface area contributed by atoms with E-state index < -0.39 is 0 Å². The maximum absolute atomic E-state index is 10.8. The van der Waals surface area contributed by atoms with Crippen LogP contribution < -0.4 is 0 Å². The van der Waals surface area contributed by atoms with Crippen LogP contribution in [-0.4, -0.2) is 11.2 Å². The first-order valence-corrected chi connectivity index (χ1v) is 14.0. The minimum Gasteiger partial charge on any atom is -0.393 e. The second-order valence-corrected chi connectivity index (χ2v) is 13.4. The Morgan fingerprint density at radius 3 is 2.26 bits per heavy atom. The summed E-state index contributed by atoms with van der Waals surface area (Å²) in [5.74, 6) is 6.70. The lowest BCUT2D eigenvalue weighted by Crippen LogP contribution is -2.56. The molecule has 1 N–H and O–H groups in total. The molecule has 1 unspecified atom stereocenters. The summed E-state index contributed by atoms with van der Waals surface area (Å²) < 4.78 is 0. The SMILES string of the molecule is C=CC[C@@H]1[C@H](O)CC[C@@]2(C)[C@H]1CC[C@@H]1[C@@H]2CC[C@]2(C)C([C@H](C)CCCC(C)C)CC[C@@H]12. The molecule has 0 spiro atoms. The maximum atomic E-state index is 10.8. The standard InChI is InChI=1S/C30H52O/c1-7-9-23-26-13-12-22-25-15-14-24(21(4)11-8-10-20(2)3)29(25,5)18-16-27(22)30(26,6)19-17-28(23)31/h7,20-28,31H,1,8-19H2,2-6H3/t21-,22+,23+,24?,25+,26+,27+,28-,29-,30+/m1/s1.